The quantitative estimate of drug-likeness (QED) is 0.616. The first-order chi connectivity index (χ1) is 12.8. The minimum atomic E-state index is -0.870. The zero-order valence-corrected chi connectivity index (χ0v) is 16.5. The van der Waals surface area contributed by atoms with Gasteiger partial charge < -0.3 is 4.57 Å². The van der Waals surface area contributed by atoms with Gasteiger partial charge in [0.25, 0.3) is 11.8 Å². The Bertz CT molecular complexity index is 1010. The second kappa shape index (κ2) is 7.21. The molecule has 8 heteroatoms. The minimum Gasteiger partial charge on any atom is -0.349 e. The molecule has 0 aliphatic carbocycles. The van der Waals surface area contributed by atoms with E-state index in [1.54, 1.807) is 12.1 Å². The number of nitrogens with one attached hydrogen (secondary N) is 1. The number of barbiturate groups is 1. The van der Waals surface area contributed by atoms with Crippen LogP contribution in [0, 0.1) is 13.8 Å². The number of carbonyl (C=O) groups is 3. The van der Waals surface area contributed by atoms with E-state index in [0.717, 1.165) is 28.4 Å². The molecular weight excluding hydrogens is 389 g/mol. The molecule has 1 fully saturated rings. The molecule has 140 valence electrons. The average Bonchev–Trinajstić information content (AvgIpc) is 2.88. The lowest BCUT2D eigenvalue weighted by Gasteiger charge is -2.27. The molecule has 3 rings (SSSR count). The molecule has 0 atom stereocenters. The standard InChI is InChI=1S/C19H17Cl2N3O3/c1-4-23-10(2)8-12(11(23)3)9-13-17(25)22-19(27)24(18(13)26)15-7-5-6-14(20)16(15)21/h5-9H,4H2,1-3H3,(H,22,25,27)/b13-9+. The highest BCUT2D eigenvalue weighted by Gasteiger charge is 2.38. The Morgan fingerprint density at radius 3 is 2.48 bits per heavy atom. The molecule has 27 heavy (non-hydrogen) atoms. The highest BCUT2D eigenvalue weighted by atomic mass is 35.5. The van der Waals surface area contributed by atoms with Gasteiger partial charge in [0.05, 0.1) is 15.7 Å². The first-order valence-corrected chi connectivity index (χ1v) is 9.04. The SMILES string of the molecule is CCn1c(C)cc(/C=C2\C(=O)NC(=O)N(c3cccc(Cl)c3Cl)C2=O)c1C. The fraction of sp³-hybridized carbons (Fsp3) is 0.211. The van der Waals surface area contributed by atoms with Crippen molar-refractivity contribution in [3.63, 3.8) is 0 Å². The summed E-state index contributed by atoms with van der Waals surface area (Å²) in [7, 11) is 0. The van der Waals surface area contributed by atoms with Gasteiger partial charge in [-0.05, 0) is 50.6 Å². The summed E-state index contributed by atoms with van der Waals surface area (Å²) in [6, 6.07) is 5.62. The van der Waals surface area contributed by atoms with E-state index in [1.165, 1.54) is 12.1 Å². The van der Waals surface area contributed by atoms with E-state index in [2.05, 4.69) is 9.88 Å². The predicted molar refractivity (Wildman–Crippen MR) is 105 cm³/mol. The zero-order valence-electron chi connectivity index (χ0n) is 15.0. The second-order valence-corrected chi connectivity index (χ2v) is 6.89. The number of anilines is 1. The number of halogens is 2. The Morgan fingerprint density at radius 1 is 1.15 bits per heavy atom. The maximum Gasteiger partial charge on any atom is 0.336 e. The summed E-state index contributed by atoms with van der Waals surface area (Å²) in [5.41, 5.74) is 2.63. The lowest BCUT2D eigenvalue weighted by molar-refractivity contribution is -0.122. The van der Waals surface area contributed by atoms with E-state index >= 15 is 0 Å². The summed E-state index contributed by atoms with van der Waals surface area (Å²) < 4.78 is 2.06. The minimum absolute atomic E-state index is 0.0560. The van der Waals surface area contributed by atoms with E-state index in [-0.39, 0.29) is 21.3 Å². The first kappa shape index (κ1) is 19.2. The number of aromatic nitrogens is 1. The largest absolute Gasteiger partial charge is 0.349 e. The van der Waals surface area contributed by atoms with Gasteiger partial charge in [0.15, 0.2) is 0 Å². The number of imide groups is 2. The summed E-state index contributed by atoms with van der Waals surface area (Å²) in [5.74, 6) is -1.50. The van der Waals surface area contributed by atoms with Crippen LogP contribution in [0.2, 0.25) is 10.0 Å². The summed E-state index contributed by atoms with van der Waals surface area (Å²) in [6.45, 7) is 6.63. The molecule has 6 nitrogen and oxygen atoms in total. The van der Waals surface area contributed by atoms with E-state index < -0.39 is 17.8 Å². The van der Waals surface area contributed by atoms with Crippen LogP contribution in [0.3, 0.4) is 0 Å². The number of urea groups is 1. The zero-order chi connectivity index (χ0) is 19.9. The van der Waals surface area contributed by atoms with E-state index in [9.17, 15) is 14.4 Å². The molecule has 1 aromatic carbocycles. The molecule has 1 N–H and O–H groups in total. The van der Waals surface area contributed by atoms with Gasteiger partial charge in [-0.2, -0.15) is 0 Å². The molecule has 1 saturated heterocycles. The van der Waals surface area contributed by atoms with Gasteiger partial charge in [-0.25, -0.2) is 9.69 Å². The maximum absolute atomic E-state index is 13.0. The van der Waals surface area contributed by atoms with E-state index in [0.29, 0.717) is 0 Å². The predicted octanol–water partition coefficient (Wildman–Crippen LogP) is 4.10. The number of nitrogens with zero attached hydrogens (tertiary/aromatic N) is 2. The molecule has 0 radical (unpaired) electrons. The van der Waals surface area contributed by atoms with Crippen LogP contribution in [-0.4, -0.2) is 22.4 Å². The molecule has 0 bridgehead atoms. The third-order valence-corrected chi connectivity index (χ3v) is 5.31. The van der Waals surface area contributed by atoms with Crippen LogP contribution in [0.5, 0.6) is 0 Å². The fourth-order valence-electron chi connectivity index (χ4n) is 3.16. The summed E-state index contributed by atoms with van der Waals surface area (Å²) in [6.07, 6.45) is 1.49. The lowest BCUT2D eigenvalue weighted by atomic mass is 10.1. The van der Waals surface area contributed by atoms with Crippen LogP contribution in [0.15, 0.2) is 29.8 Å². The van der Waals surface area contributed by atoms with Crippen LogP contribution >= 0.6 is 23.2 Å². The van der Waals surface area contributed by atoms with Crippen LogP contribution in [0.1, 0.15) is 23.9 Å². The van der Waals surface area contributed by atoms with E-state index in [4.69, 9.17) is 23.2 Å². The van der Waals surface area contributed by atoms with Crippen molar-refractivity contribution in [1.82, 2.24) is 9.88 Å². The summed E-state index contributed by atoms with van der Waals surface area (Å²) in [5, 5.41) is 2.43. The number of benzene rings is 1. The number of hydrogen-bond acceptors (Lipinski definition) is 3. The van der Waals surface area contributed by atoms with Crippen molar-refractivity contribution in [2.24, 2.45) is 0 Å². The van der Waals surface area contributed by atoms with Crippen LogP contribution in [0.4, 0.5) is 10.5 Å². The smallest absolute Gasteiger partial charge is 0.336 e. The van der Waals surface area contributed by atoms with Crippen molar-refractivity contribution in [2.45, 2.75) is 27.3 Å². The molecule has 4 amide bonds. The molecule has 0 saturated carbocycles. The molecule has 0 spiro atoms. The van der Waals surface area contributed by atoms with Crippen molar-refractivity contribution in [1.29, 1.82) is 0 Å². The highest BCUT2D eigenvalue weighted by molar-refractivity contribution is 6.46. The Balaban J connectivity index is 2.09. The van der Waals surface area contributed by atoms with Gasteiger partial charge in [-0.1, -0.05) is 29.3 Å². The molecule has 2 heterocycles. The van der Waals surface area contributed by atoms with E-state index in [1.807, 2.05) is 26.8 Å². The summed E-state index contributed by atoms with van der Waals surface area (Å²) in [4.78, 5) is 38.4. The van der Waals surface area contributed by atoms with Gasteiger partial charge in [0, 0.05) is 17.9 Å². The lowest BCUT2D eigenvalue weighted by Crippen LogP contribution is -2.54. The second-order valence-electron chi connectivity index (χ2n) is 6.10. The Kier molecular flexibility index (Phi) is 5.13. The highest BCUT2D eigenvalue weighted by Crippen LogP contribution is 2.34. The summed E-state index contributed by atoms with van der Waals surface area (Å²) >= 11 is 12.2. The Labute approximate surface area is 166 Å². The average molecular weight is 406 g/mol. The van der Waals surface area contributed by atoms with Crippen LogP contribution in [-0.2, 0) is 16.1 Å². The molecule has 0 unspecified atom stereocenters. The van der Waals surface area contributed by atoms with Crippen molar-refractivity contribution in [3.05, 3.63) is 56.8 Å². The molecular formula is C19H17Cl2N3O3. The van der Waals surface area contributed by atoms with Gasteiger partial charge in [-0.15, -0.1) is 0 Å². The third kappa shape index (κ3) is 3.26. The van der Waals surface area contributed by atoms with Gasteiger partial charge in [-0.3, -0.25) is 14.9 Å². The van der Waals surface area contributed by atoms with Gasteiger partial charge in [0.2, 0.25) is 0 Å². The molecule has 1 aromatic heterocycles. The Morgan fingerprint density at radius 2 is 1.85 bits per heavy atom. The Hall–Kier alpha value is -2.57. The van der Waals surface area contributed by atoms with Crippen LogP contribution in [0.25, 0.3) is 6.08 Å². The first-order valence-electron chi connectivity index (χ1n) is 8.28. The number of rotatable bonds is 3. The topological polar surface area (TPSA) is 71.4 Å². The monoisotopic (exact) mass is 405 g/mol. The van der Waals surface area contributed by atoms with Gasteiger partial charge >= 0.3 is 6.03 Å². The number of hydrogen-bond donors (Lipinski definition) is 1. The number of amides is 4. The van der Waals surface area contributed by atoms with Crippen LogP contribution < -0.4 is 10.2 Å². The number of aryl methyl sites for hydroxylation is 1. The third-order valence-electron chi connectivity index (χ3n) is 4.50. The van der Waals surface area contributed by atoms with Crippen molar-refractivity contribution in [2.75, 3.05) is 4.90 Å². The molecule has 2 aromatic rings. The van der Waals surface area contributed by atoms with Crippen molar-refractivity contribution >= 4 is 52.8 Å². The number of carbonyl (C=O) groups excluding carboxylic acids is 3. The maximum atomic E-state index is 13.0. The van der Waals surface area contributed by atoms with Crippen molar-refractivity contribution < 1.29 is 14.4 Å². The van der Waals surface area contributed by atoms with Gasteiger partial charge in [0.1, 0.15) is 5.57 Å². The van der Waals surface area contributed by atoms with Crippen molar-refractivity contribution in [3.8, 4) is 0 Å². The molecule has 1 aliphatic rings. The normalized spacial score (nSPS) is 16.3. The fourth-order valence-corrected chi connectivity index (χ4v) is 3.54. The molecule has 1 aliphatic heterocycles.